The Morgan fingerprint density at radius 1 is 1.61 bits per heavy atom. The SMILES string of the molecule is NNc1ncc(C(=O)NC2CNC(=O)C2)cc1Cl. The molecule has 1 unspecified atom stereocenters. The van der Waals surface area contributed by atoms with Gasteiger partial charge in [-0.2, -0.15) is 0 Å². The third-order valence-corrected chi connectivity index (χ3v) is 2.84. The maximum absolute atomic E-state index is 11.9. The monoisotopic (exact) mass is 269 g/mol. The number of nitrogens with one attached hydrogen (secondary N) is 3. The lowest BCUT2D eigenvalue weighted by Crippen LogP contribution is -2.36. The fourth-order valence-electron chi connectivity index (χ4n) is 1.64. The Kier molecular flexibility index (Phi) is 3.63. The van der Waals surface area contributed by atoms with Crippen LogP contribution >= 0.6 is 11.6 Å². The summed E-state index contributed by atoms with van der Waals surface area (Å²) in [5.74, 6) is 5.08. The number of aromatic nitrogens is 1. The second-order valence-electron chi connectivity index (χ2n) is 3.88. The molecule has 2 amide bonds. The molecule has 0 saturated carbocycles. The van der Waals surface area contributed by atoms with Crippen LogP contribution in [-0.2, 0) is 4.79 Å². The Hall–Kier alpha value is -1.86. The summed E-state index contributed by atoms with van der Waals surface area (Å²) in [7, 11) is 0. The summed E-state index contributed by atoms with van der Waals surface area (Å²) in [4.78, 5) is 26.7. The van der Waals surface area contributed by atoms with E-state index in [0.29, 0.717) is 17.9 Å². The van der Waals surface area contributed by atoms with Crippen molar-refractivity contribution in [3.63, 3.8) is 0 Å². The van der Waals surface area contributed by atoms with Gasteiger partial charge in [-0.25, -0.2) is 10.8 Å². The van der Waals surface area contributed by atoms with Gasteiger partial charge < -0.3 is 16.1 Å². The molecule has 1 fully saturated rings. The minimum atomic E-state index is -0.325. The lowest BCUT2D eigenvalue weighted by Gasteiger charge is -2.11. The first-order valence-electron chi connectivity index (χ1n) is 5.30. The molecule has 1 atom stereocenters. The average molecular weight is 270 g/mol. The number of carbonyl (C=O) groups is 2. The van der Waals surface area contributed by atoms with Gasteiger partial charge >= 0.3 is 0 Å². The fraction of sp³-hybridized carbons (Fsp3) is 0.300. The third-order valence-electron chi connectivity index (χ3n) is 2.55. The number of hydrazine groups is 1. The van der Waals surface area contributed by atoms with Crippen molar-refractivity contribution in [2.75, 3.05) is 12.0 Å². The predicted molar refractivity (Wildman–Crippen MR) is 65.9 cm³/mol. The van der Waals surface area contributed by atoms with E-state index in [9.17, 15) is 9.59 Å². The van der Waals surface area contributed by atoms with Crippen LogP contribution in [0.3, 0.4) is 0 Å². The van der Waals surface area contributed by atoms with Gasteiger partial charge in [0.1, 0.15) is 0 Å². The molecule has 0 bridgehead atoms. The second-order valence-corrected chi connectivity index (χ2v) is 4.28. The van der Waals surface area contributed by atoms with Gasteiger partial charge in [-0.15, -0.1) is 0 Å². The Morgan fingerprint density at radius 2 is 2.39 bits per heavy atom. The quantitative estimate of drug-likeness (QED) is 0.443. The van der Waals surface area contributed by atoms with Crippen molar-refractivity contribution in [2.24, 2.45) is 5.84 Å². The van der Waals surface area contributed by atoms with Crippen LogP contribution in [0.4, 0.5) is 5.82 Å². The fourth-order valence-corrected chi connectivity index (χ4v) is 1.87. The van der Waals surface area contributed by atoms with Crippen molar-refractivity contribution in [2.45, 2.75) is 12.5 Å². The summed E-state index contributed by atoms with van der Waals surface area (Å²) in [6, 6.07) is 1.26. The molecule has 1 saturated heterocycles. The van der Waals surface area contributed by atoms with Crippen molar-refractivity contribution in [1.29, 1.82) is 0 Å². The van der Waals surface area contributed by atoms with Gasteiger partial charge in [0.05, 0.1) is 16.6 Å². The number of halogens is 1. The van der Waals surface area contributed by atoms with E-state index < -0.39 is 0 Å². The van der Waals surface area contributed by atoms with Crippen LogP contribution in [0.2, 0.25) is 5.02 Å². The summed E-state index contributed by atoms with van der Waals surface area (Å²) in [6.45, 7) is 0.439. The van der Waals surface area contributed by atoms with E-state index in [1.807, 2.05) is 0 Å². The molecule has 2 rings (SSSR count). The minimum Gasteiger partial charge on any atom is -0.354 e. The molecule has 1 aromatic heterocycles. The van der Waals surface area contributed by atoms with Gasteiger partial charge in [-0.1, -0.05) is 11.6 Å². The van der Waals surface area contributed by atoms with E-state index in [1.165, 1.54) is 12.3 Å². The molecule has 1 aliphatic rings. The molecule has 2 heterocycles. The topological polar surface area (TPSA) is 109 Å². The number of rotatable bonds is 3. The summed E-state index contributed by atoms with van der Waals surface area (Å²) < 4.78 is 0. The van der Waals surface area contributed by atoms with Crippen molar-refractivity contribution < 1.29 is 9.59 Å². The first-order chi connectivity index (χ1) is 8.60. The van der Waals surface area contributed by atoms with Crippen molar-refractivity contribution in [3.05, 3.63) is 22.8 Å². The van der Waals surface area contributed by atoms with Crippen molar-refractivity contribution in [3.8, 4) is 0 Å². The molecule has 18 heavy (non-hydrogen) atoms. The van der Waals surface area contributed by atoms with E-state index in [0.717, 1.165) is 0 Å². The molecule has 5 N–H and O–H groups in total. The number of nitrogens with zero attached hydrogens (tertiary/aromatic N) is 1. The molecule has 96 valence electrons. The molecule has 1 aromatic rings. The van der Waals surface area contributed by atoms with Gasteiger partial charge in [0, 0.05) is 19.2 Å². The van der Waals surface area contributed by atoms with Crippen LogP contribution in [0.15, 0.2) is 12.3 Å². The Labute approximate surface area is 108 Å². The van der Waals surface area contributed by atoms with E-state index in [1.54, 1.807) is 0 Å². The van der Waals surface area contributed by atoms with Gasteiger partial charge in [-0.3, -0.25) is 9.59 Å². The van der Waals surface area contributed by atoms with Crippen LogP contribution in [-0.4, -0.2) is 29.4 Å². The molecule has 0 radical (unpaired) electrons. The van der Waals surface area contributed by atoms with E-state index >= 15 is 0 Å². The van der Waals surface area contributed by atoms with Crippen LogP contribution in [0.25, 0.3) is 0 Å². The summed E-state index contributed by atoms with van der Waals surface area (Å²) in [5.41, 5.74) is 2.63. The molecule has 1 aliphatic heterocycles. The van der Waals surface area contributed by atoms with Crippen molar-refractivity contribution in [1.82, 2.24) is 15.6 Å². The number of nitrogen functional groups attached to an aromatic ring is 1. The lowest BCUT2D eigenvalue weighted by molar-refractivity contribution is -0.119. The number of amides is 2. The Balaban J connectivity index is 2.05. The predicted octanol–water partition coefficient (Wildman–Crippen LogP) is -0.361. The number of anilines is 1. The van der Waals surface area contributed by atoms with Crippen LogP contribution < -0.4 is 21.9 Å². The Morgan fingerprint density at radius 3 is 2.94 bits per heavy atom. The van der Waals surface area contributed by atoms with Gasteiger partial charge in [-0.05, 0) is 6.07 Å². The van der Waals surface area contributed by atoms with Crippen LogP contribution in [0.1, 0.15) is 16.8 Å². The van der Waals surface area contributed by atoms with Crippen LogP contribution in [0, 0.1) is 0 Å². The molecular weight excluding hydrogens is 258 g/mol. The molecule has 0 aliphatic carbocycles. The zero-order valence-corrected chi connectivity index (χ0v) is 10.1. The highest BCUT2D eigenvalue weighted by atomic mass is 35.5. The smallest absolute Gasteiger partial charge is 0.253 e. The Bertz CT molecular complexity index is 493. The van der Waals surface area contributed by atoms with E-state index in [2.05, 4.69) is 21.0 Å². The maximum atomic E-state index is 11.9. The summed E-state index contributed by atoms with van der Waals surface area (Å²) in [6.07, 6.45) is 1.65. The zero-order valence-electron chi connectivity index (χ0n) is 9.37. The molecule has 0 aromatic carbocycles. The minimum absolute atomic E-state index is 0.0702. The highest BCUT2D eigenvalue weighted by Gasteiger charge is 2.23. The first-order valence-corrected chi connectivity index (χ1v) is 5.67. The maximum Gasteiger partial charge on any atom is 0.253 e. The number of hydrogen-bond donors (Lipinski definition) is 4. The normalized spacial score (nSPS) is 18.3. The van der Waals surface area contributed by atoms with Crippen molar-refractivity contribution >= 4 is 29.2 Å². The van der Waals surface area contributed by atoms with Gasteiger partial charge in [0.2, 0.25) is 5.91 Å². The third kappa shape index (κ3) is 2.69. The van der Waals surface area contributed by atoms with Crippen LogP contribution in [0.5, 0.6) is 0 Å². The number of carbonyl (C=O) groups excluding carboxylic acids is 2. The lowest BCUT2D eigenvalue weighted by atomic mass is 10.2. The molecule has 0 spiro atoms. The average Bonchev–Trinajstić information content (AvgIpc) is 2.74. The van der Waals surface area contributed by atoms with E-state index in [4.69, 9.17) is 17.4 Å². The summed E-state index contributed by atoms with van der Waals surface area (Å²) >= 11 is 5.86. The number of hydrogen-bond acceptors (Lipinski definition) is 5. The zero-order chi connectivity index (χ0) is 13.1. The van der Waals surface area contributed by atoms with E-state index in [-0.39, 0.29) is 29.3 Å². The summed E-state index contributed by atoms with van der Waals surface area (Å²) in [5, 5.41) is 5.61. The number of pyridine rings is 1. The second kappa shape index (κ2) is 5.19. The molecular formula is C10H12ClN5O2. The standard InChI is InChI=1S/C10H12ClN5O2/c11-7-1-5(3-14-9(7)16-12)10(18)15-6-2-8(17)13-4-6/h1,3,6H,2,4,12H2,(H,13,17)(H,14,16)(H,15,18). The molecule has 8 heteroatoms. The first kappa shape index (κ1) is 12.6. The highest BCUT2D eigenvalue weighted by molar-refractivity contribution is 6.33. The largest absolute Gasteiger partial charge is 0.354 e. The molecule has 7 nitrogen and oxygen atoms in total. The van der Waals surface area contributed by atoms with Gasteiger partial charge in [0.25, 0.3) is 5.91 Å². The highest BCUT2D eigenvalue weighted by Crippen LogP contribution is 2.19. The number of nitrogens with two attached hydrogens (primary N) is 1. The van der Waals surface area contributed by atoms with Gasteiger partial charge in [0.15, 0.2) is 5.82 Å².